The lowest BCUT2D eigenvalue weighted by molar-refractivity contribution is -0.117. The van der Waals surface area contributed by atoms with E-state index < -0.39 is 0 Å². The van der Waals surface area contributed by atoms with Crippen LogP contribution in [0.1, 0.15) is 42.1 Å². The number of nitrogens with one attached hydrogen (secondary N) is 2. The van der Waals surface area contributed by atoms with E-state index in [4.69, 9.17) is 4.84 Å². The first-order valence-electron chi connectivity index (χ1n) is 10.8. The predicted octanol–water partition coefficient (Wildman–Crippen LogP) is 3.22. The summed E-state index contributed by atoms with van der Waals surface area (Å²) < 4.78 is 0. The summed E-state index contributed by atoms with van der Waals surface area (Å²) in [4.78, 5) is 37.4. The number of carbonyl (C=O) groups excluding carboxylic acids is 1. The highest BCUT2D eigenvalue weighted by Crippen LogP contribution is 2.24. The van der Waals surface area contributed by atoms with Crippen LogP contribution in [0.25, 0.3) is 5.57 Å². The monoisotopic (exact) mass is 430 g/mol. The zero-order chi connectivity index (χ0) is 22.5. The predicted molar refractivity (Wildman–Crippen MR) is 124 cm³/mol. The Bertz CT molecular complexity index is 1190. The topological polar surface area (TPSA) is 96.4 Å². The van der Waals surface area contributed by atoms with Crippen LogP contribution in [0.5, 0.6) is 0 Å². The molecule has 2 N–H and O–H groups in total. The van der Waals surface area contributed by atoms with E-state index >= 15 is 0 Å². The number of nitrogens with zero attached hydrogens (tertiary/aromatic N) is 2. The van der Waals surface area contributed by atoms with Crippen molar-refractivity contribution < 1.29 is 9.63 Å². The molecule has 1 aliphatic carbocycles. The molecule has 2 aromatic heterocycles. The average molecular weight is 431 g/mol. The summed E-state index contributed by atoms with van der Waals surface area (Å²) >= 11 is 0. The second kappa shape index (κ2) is 9.60. The molecular formula is C25H26N4O3. The van der Waals surface area contributed by atoms with Gasteiger partial charge in [0.2, 0.25) is 0 Å². The first kappa shape index (κ1) is 21.5. The van der Waals surface area contributed by atoms with Crippen LogP contribution in [0.3, 0.4) is 0 Å². The Morgan fingerprint density at radius 2 is 2.12 bits per heavy atom. The highest BCUT2D eigenvalue weighted by atomic mass is 16.6. The smallest absolute Gasteiger partial charge is 0.251 e. The molecule has 0 saturated carbocycles. The van der Waals surface area contributed by atoms with Gasteiger partial charge in [-0.15, -0.1) is 0 Å². The van der Waals surface area contributed by atoms with E-state index in [1.54, 1.807) is 12.4 Å². The van der Waals surface area contributed by atoms with Crippen LogP contribution in [0.4, 0.5) is 0 Å². The van der Waals surface area contributed by atoms with Crippen LogP contribution in [0, 0.1) is 6.92 Å². The quantitative estimate of drug-likeness (QED) is 0.735. The van der Waals surface area contributed by atoms with Crippen molar-refractivity contribution in [3.63, 3.8) is 0 Å². The van der Waals surface area contributed by atoms with Gasteiger partial charge in [-0.1, -0.05) is 30.3 Å². The fourth-order valence-electron chi connectivity index (χ4n) is 3.78. The first-order chi connectivity index (χ1) is 15.5. The van der Waals surface area contributed by atoms with Gasteiger partial charge in [-0.25, -0.2) is 0 Å². The molecule has 0 radical (unpaired) electrons. The lowest BCUT2D eigenvalue weighted by Crippen LogP contribution is -2.33. The van der Waals surface area contributed by atoms with Gasteiger partial charge >= 0.3 is 0 Å². The number of aryl methyl sites for hydroxylation is 2. The first-order valence-corrected chi connectivity index (χ1v) is 10.8. The summed E-state index contributed by atoms with van der Waals surface area (Å²) in [5.74, 6) is -0.162. The van der Waals surface area contributed by atoms with Crippen LogP contribution >= 0.6 is 0 Å². The van der Waals surface area contributed by atoms with Crippen molar-refractivity contribution in [3.05, 3.63) is 93.2 Å². The summed E-state index contributed by atoms with van der Waals surface area (Å²) in [5, 5.41) is 7.11. The van der Waals surface area contributed by atoms with E-state index in [1.165, 1.54) is 0 Å². The van der Waals surface area contributed by atoms with E-state index in [0.29, 0.717) is 31.4 Å². The number of aromatic amines is 1. The second-order valence-electron chi connectivity index (χ2n) is 7.83. The van der Waals surface area contributed by atoms with Crippen molar-refractivity contribution in [2.75, 3.05) is 6.54 Å². The number of hydrogen-bond donors (Lipinski definition) is 2. The molecule has 0 saturated heterocycles. The highest BCUT2D eigenvalue weighted by molar-refractivity contribution is 6.01. The Labute approximate surface area is 186 Å². The number of oxime groups is 1. The minimum atomic E-state index is -0.205. The third-order valence-electron chi connectivity index (χ3n) is 5.59. The summed E-state index contributed by atoms with van der Waals surface area (Å²) in [6.07, 6.45) is 12.9. The third-order valence-corrected chi connectivity index (χ3v) is 5.59. The molecule has 2 aromatic rings. The number of rotatable bonds is 6. The zero-order valence-corrected chi connectivity index (χ0v) is 18.2. The summed E-state index contributed by atoms with van der Waals surface area (Å²) in [6, 6.07) is 5.69. The van der Waals surface area contributed by atoms with Crippen molar-refractivity contribution in [1.29, 1.82) is 0 Å². The Kier molecular flexibility index (Phi) is 6.44. The van der Waals surface area contributed by atoms with Gasteiger partial charge in [0.1, 0.15) is 6.10 Å². The van der Waals surface area contributed by atoms with E-state index in [9.17, 15) is 9.59 Å². The average Bonchev–Trinajstić information content (AvgIpc) is 3.15. The van der Waals surface area contributed by atoms with E-state index in [0.717, 1.165) is 33.7 Å². The molecule has 164 valence electrons. The molecule has 1 atom stereocenters. The molecular weight excluding hydrogens is 404 g/mol. The van der Waals surface area contributed by atoms with Gasteiger partial charge < -0.3 is 15.1 Å². The minimum absolute atomic E-state index is 0.0645. The van der Waals surface area contributed by atoms with E-state index in [2.05, 4.69) is 20.4 Å². The van der Waals surface area contributed by atoms with Crippen LogP contribution < -0.4 is 10.9 Å². The van der Waals surface area contributed by atoms with Crippen molar-refractivity contribution in [2.45, 2.75) is 39.2 Å². The van der Waals surface area contributed by atoms with Crippen LogP contribution in [0.15, 0.2) is 70.4 Å². The van der Waals surface area contributed by atoms with Crippen molar-refractivity contribution in [2.24, 2.45) is 5.16 Å². The summed E-state index contributed by atoms with van der Waals surface area (Å²) in [6.45, 7) is 4.19. The zero-order valence-electron chi connectivity index (χ0n) is 18.2. The third kappa shape index (κ3) is 4.77. The maximum absolute atomic E-state index is 12.9. The number of allylic oxidation sites excluding steroid dienone is 4. The van der Waals surface area contributed by atoms with Gasteiger partial charge in [0.25, 0.3) is 11.5 Å². The molecule has 3 heterocycles. The molecule has 7 nitrogen and oxygen atoms in total. The molecule has 0 spiro atoms. The maximum atomic E-state index is 12.9. The molecule has 0 bridgehead atoms. The SMILES string of the molecule is CCc1cc(C2=CC(C(=O)NCC3CC(c4ccncc4)=NO3)=CCC=C2)c(C)[nH]c1=O. The maximum Gasteiger partial charge on any atom is 0.251 e. The highest BCUT2D eigenvalue weighted by Gasteiger charge is 2.23. The summed E-state index contributed by atoms with van der Waals surface area (Å²) in [7, 11) is 0. The summed E-state index contributed by atoms with van der Waals surface area (Å²) in [5.41, 5.74) is 5.67. The molecule has 0 aromatic carbocycles. The molecule has 32 heavy (non-hydrogen) atoms. The Morgan fingerprint density at radius 1 is 1.31 bits per heavy atom. The van der Waals surface area contributed by atoms with E-state index in [-0.39, 0.29) is 17.6 Å². The van der Waals surface area contributed by atoms with Gasteiger partial charge in [-0.3, -0.25) is 14.6 Å². The van der Waals surface area contributed by atoms with Crippen LogP contribution in [0.2, 0.25) is 0 Å². The fraction of sp³-hybridized carbons (Fsp3) is 0.280. The van der Waals surface area contributed by atoms with Crippen molar-refractivity contribution in [1.82, 2.24) is 15.3 Å². The molecule has 1 amide bonds. The molecule has 2 aliphatic rings. The van der Waals surface area contributed by atoms with E-state index in [1.807, 2.05) is 56.4 Å². The largest absolute Gasteiger partial charge is 0.390 e. The number of hydrogen-bond acceptors (Lipinski definition) is 5. The van der Waals surface area contributed by atoms with Gasteiger partial charge in [0.15, 0.2) is 0 Å². The lowest BCUT2D eigenvalue weighted by atomic mass is 9.99. The molecule has 1 aliphatic heterocycles. The second-order valence-corrected chi connectivity index (χ2v) is 7.83. The number of pyridine rings is 2. The molecule has 7 heteroatoms. The molecule has 1 unspecified atom stereocenters. The van der Waals surface area contributed by atoms with Gasteiger partial charge in [0.05, 0.1) is 12.3 Å². The normalized spacial score (nSPS) is 17.7. The van der Waals surface area contributed by atoms with Gasteiger partial charge in [-0.2, -0.15) is 0 Å². The number of amides is 1. The standard InChI is InChI=1S/C25H26N4O3/c1-3-17-13-22(16(2)28-25(17)31)19-6-4-5-7-20(12-19)24(30)27-15-21-14-23(29-32-21)18-8-10-26-11-9-18/h4,6-13,21H,3,5,14-15H2,1-2H3,(H,27,30)(H,28,31). The van der Waals surface area contributed by atoms with Gasteiger partial charge in [-0.05, 0) is 49.6 Å². The number of aromatic nitrogens is 2. The lowest BCUT2D eigenvalue weighted by Gasteiger charge is -2.12. The fourth-order valence-corrected chi connectivity index (χ4v) is 3.78. The Balaban J connectivity index is 1.43. The Hall–Kier alpha value is -3.74. The minimum Gasteiger partial charge on any atom is -0.390 e. The number of H-pyrrole nitrogens is 1. The Morgan fingerprint density at radius 3 is 2.91 bits per heavy atom. The van der Waals surface area contributed by atoms with Crippen molar-refractivity contribution in [3.8, 4) is 0 Å². The van der Waals surface area contributed by atoms with Gasteiger partial charge in [0, 0.05) is 46.8 Å². The van der Waals surface area contributed by atoms with Crippen LogP contribution in [-0.4, -0.2) is 34.2 Å². The molecule has 4 rings (SSSR count). The number of carbonyl (C=O) groups is 1. The molecule has 0 fully saturated rings. The van der Waals surface area contributed by atoms with Crippen LogP contribution in [-0.2, 0) is 16.1 Å². The van der Waals surface area contributed by atoms with Crippen molar-refractivity contribution >= 4 is 17.2 Å².